The van der Waals surface area contributed by atoms with Crippen LogP contribution in [0.1, 0.15) is 23.2 Å². The lowest BCUT2D eigenvalue weighted by Crippen LogP contribution is -2.22. The molecule has 4 rings (SSSR count). The summed E-state index contributed by atoms with van der Waals surface area (Å²) in [5.41, 5.74) is 1.69. The molecule has 26 heavy (non-hydrogen) atoms. The molecular formula is C20H20N4O2. The molecule has 1 aromatic heterocycles. The SMILES string of the molecule is O=C(N=Nc1c(O)n(CN2CCCC2)c2ccccc12)c1ccccc1. The van der Waals surface area contributed by atoms with Gasteiger partial charge in [-0.3, -0.25) is 14.3 Å². The first-order chi connectivity index (χ1) is 12.7. The maximum atomic E-state index is 12.2. The monoisotopic (exact) mass is 348 g/mol. The van der Waals surface area contributed by atoms with E-state index in [0.717, 1.165) is 24.0 Å². The number of carbonyl (C=O) groups is 1. The molecule has 2 heterocycles. The van der Waals surface area contributed by atoms with Crippen LogP contribution < -0.4 is 0 Å². The lowest BCUT2D eigenvalue weighted by atomic mass is 10.2. The Labute approximate surface area is 151 Å². The molecule has 6 heteroatoms. The Kier molecular flexibility index (Phi) is 4.50. The first-order valence-electron chi connectivity index (χ1n) is 8.78. The summed E-state index contributed by atoms with van der Waals surface area (Å²) in [6.07, 6.45) is 2.36. The Bertz CT molecular complexity index is 957. The van der Waals surface area contributed by atoms with Crippen molar-refractivity contribution in [3.63, 3.8) is 0 Å². The van der Waals surface area contributed by atoms with E-state index in [1.165, 1.54) is 12.8 Å². The lowest BCUT2D eigenvalue weighted by Gasteiger charge is -2.17. The molecule has 3 aromatic rings. The molecule has 0 spiro atoms. The molecule has 1 amide bonds. The summed E-state index contributed by atoms with van der Waals surface area (Å²) in [7, 11) is 0. The summed E-state index contributed by atoms with van der Waals surface area (Å²) in [5.74, 6) is -0.385. The molecule has 0 aliphatic carbocycles. The van der Waals surface area contributed by atoms with Gasteiger partial charge in [-0.15, -0.1) is 10.2 Å². The predicted octanol–water partition coefficient (Wildman–Crippen LogP) is 4.32. The number of amides is 1. The number of fused-ring (bicyclic) bond motifs is 1. The first kappa shape index (κ1) is 16.5. The second-order valence-corrected chi connectivity index (χ2v) is 6.46. The minimum absolute atomic E-state index is 0.0442. The molecule has 0 saturated carbocycles. The maximum Gasteiger partial charge on any atom is 0.295 e. The fourth-order valence-corrected chi connectivity index (χ4v) is 3.37. The Balaban J connectivity index is 1.69. The fourth-order valence-electron chi connectivity index (χ4n) is 3.37. The van der Waals surface area contributed by atoms with E-state index >= 15 is 0 Å². The van der Waals surface area contributed by atoms with Crippen LogP contribution in [-0.4, -0.2) is 33.6 Å². The molecule has 2 aromatic carbocycles. The molecule has 6 nitrogen and oxygen atoms in total. The molecule has 0 radical (unpaired) electrons. The summed E-state index contributed by atoms with van der Waals surface area (Å²) in [6, 6.07) is 16.4. The minimum Gasteiger partial charge on any atom is -0.493 e. The van der Waals surface area contributed by atoms with Crippen LogP contribution in [0, 0.1) is 0 Å². The van der Waals surface area contributed by atoms with Crippen molar-refractivity contribution in [2.45, 2.75) is 19.5 Å². The van der Waals surface area contributed by atoms with Gasteiger partial charge in [-0.25, -0.2) is 0 Å². The topological polar surface area (TPSA) is 70.2 Å². The summed E-state index contributed by atoms with van der Waals surface area (Å²) < 4.78 is 1.84. The summed E-state index contributed by atoms with van der Waals surface area (Å²) >= 11 is 0. The van der Waals surface area contributed by atoms with Gasteiger partial charge in [0, 0.05) is 10.9 Å². The van der Waals surface area contributed by atoms with Gasteiger partial charge in [0.15, 0.2) is 5.69 Å². The van der Waals surface area contributed by atoms with Crippen LogP contribution in [-0.2, 0) is 6.67 Å². The standard InChI is InChI=1S/C20H20N4O2/c25-19(15-8-2-1-3-9-15)22-21-18-16-10-4-5-11-17(16)24(20(18)26)14-23-12-6-7-13-23/h1-5,8-11,26H,6-7,12-14H2. The summed E-state index contributed by atoms with van der Waals surface area (Å²) in [4.78, 5) is 14.5. The molecule has 132 valence electrons. The van der Waals surface area contributed by atoms with Crippen molar-refractivity contribution in [3.8, 4) is 5.88 Å². The number of hydrogen-bond donors (Lipinski definition) is 1. The van der Waals surface area contributed by atoms with E-state index in [4.69, 9.17) is 0 Å². The molecule has 1 saturated heterocycles. The van der Waals surface area contributed by atoms with Gasteiger partial charge < -0.3 is 5.11 Å². The van der Waals surface area contributed by atoms with Gasteiger partial charge in [0.25, 0.3) is 5.91 Å². The zero-order valence-corrected chi connectivity index (χ0v) is 14.4. The highest BCUT2D eigenvalue weighted by Gasteiger charge is 2.20. The number of benzene rings is 2. The number of aromatic hydroxyl groups is 1. The van der Waals surface area contributed by atoms with Crippen LogP contribution in [0.15, 0.2) is 64.8 Å². The van der Waals surface area contributed by atoms with Crippen LogP contribution in [0.3, 0.4) is 0 Å². The normalized spacial score (nSPS) is 15.2. The smallest absolute Gasteiger partial charge is 0.295 e. The quantitative estimate of drug-likeness (QED) is 0.714. The van der Waals surface area contributed by atoms with Crippen molar-refractivity contribution in [3.05, 3.63) is 60.2 Å². The van der Waals surface area contributed by atoms with Crippen molar-refractivity contribution >= 4 is 22.5 Å². The third kappa shape index (κ3) is 3.11. The van der Waals surface area contributed by atoms with Gasteiger partial charge >= 0.3 is 0 Å². The third-order valence-corrected chi connectivity index (χ3v) is 4.72. The van der Waals surface area contributed by atoms with Gasteiger partial charge in [0.05, 0.1) is 12.2 Å². The Hall–Kier alpha value is -2.99. The second-order valence-electron chi connectivity index (χ2n) is 6.46. The zero-order valence-electron chi connectivity index (χ0n) is 14.4. The first-order valence-corrected chi connectivity index (χ1v) is 8.78. The molecule has 0 bridgehead atoms. The number of hydrogen-bond acceptors (Lipinski definition) is 4. The molecular weight excluding hydrogens is 328 g/mol. The van der Waals surface area contributed by atoms with Gasteiger partial charge in [0.1, 0.15) is 0 Å². The number of azo groups is 1. The average Bonchev–Trinajstić information content (AvgIpc) is 3.28. The zero-order chi connectivity index (χ0) is 17.9. The van der Waals surface area contributed by atoms with Crippen LogP contribution in [0.25, 0.3) is 10.9 Å². The third-order valence-electron chi connectivity index (χ3n) is 4.72. The molecule has 1 N–H and O–H groups in total. The highest BCUT2D eigenvalue weighted by atomic mass is 16.3. The average molecular weight is 348 g/mol. The van der Waals surface area contributed by atoms with E-state index in [2.05, 4.69) is 15.1 Å². The number of rotatable bonds is 4. The van der Waals surface area contributed by atoms with Gasteiger partial charge in [0.2, 0.25) is 5.88 Å². The predicted molar refractivity (Wildman–Crippen MR) is 99.7 cm³/mol. The van der Waals surface area contributed by atoms with E-state index < -0.39 is 5.91 Å². The van der Waals surface area contributed by atoms with Crippen molar-refractivity contribution in [1.29, 1.82) is 0 Å². The largest absolute Gasteiger partial charge is 0.493 e. The Morgan fingerprint density at radius 1 is 1.00 bits per heavy atom. The lowest BCUT2D eigenvalue weighted by molar-refractivity contribution is 0.0995. The van der Waals surface area contributed by atoms with Crippen molar-refractivity contribution in [2.24, 2.45) is 10.2 Å². The van der Waals surface area contributed by atoms with Crippen LogP contribution >= 0.6 is 0 Å². The molecule has 1 fully saturated rings. The minimum atomic E-state index is -0.429. The van der Waals surface area contributed by atoms with Crippen LogP contribution in [0.5, 0.6) is 5.88 Å². The van der Waals surface area contributed by atoms with Gasteiger partial charge in [-0.2, -0.15) is 0 Å². The molecule has 1 aliphatic heterocycles. The Morgan fingerprint density at radius 2 is 1.69 bits per heavy atom. The van der Waals surface area contributed by atoms with E-state index in [0.29, 0.717) is 17.9 Å². The Morgan fingerprint density at radius 3 is 2.46 bits per heavy atom. The second kappa shape index (κ2) is 7.09. The van der Waals surface area contributed by atoms with Crippen LogP contribution in [0.4, 0.5) is 5.69 Å². The fraction of sp³-hybridized carbons (Fsp3) is 0.250. The number of aromatic nitrogens is 1. The summed E-state index contributed by atoms with van der Waals surface area (Å²) in [5, 5.41) is 19.4. The highest BCUT2D eigenvalue weighted by Crippen LogP contribution is 2.39. The van der Waals surface area contributed by atoms with Crippen LogP contribution in [0.2, 0.25) is 0 Å². The summed E-state index contributed by atoms with van der Waals surface area (Å²) in [6.45, 7) is 2.65. The van der Waals surface area contributed by atoms with E-state index in [9.17, 15) is 9.90 Å². The van der Waals surface area contributed by atoms with Crippen molar-refractivity contribution in [2.75, 3.05) is 13.1 Å². The van der Waals surface area contributed by atoms with Gasteiger partial charge in [-0.1, -0.05) is 36.4 Å². The van der Waals surface area contributed by atoms with E-state index in [1.807, 2.05) is 34.9 Å². The molecule has 0 unspecified atom stereocenters. The number of likely N-dealkylation sites (tertiary alicyclic amines) is 1. The number of para-hydroxylation sites is 1. The van der Waals surface area contributed by atoms with E-state index in [-0.39, 0.29) is 5.88 Å². The number of carbonyl (C=O) groups excluding carboxylic acids is 1. The number of nitrogens with zero attached hydrogens (tertiary/aromatic N) is 4. The highest BCUT2D eigenvalue weighted by molar-refractivity contribution is 5.97. The molecule has 1 aliphatic rings. The maximum absolute atomic E-state index is 12.2. The molecule has 0 atom stereocenters. The van der Waals surface area contributed by atoms with Crippen molar-refractivity contribution < 1.29 is 9.90 Å². The van der Waals surface area contributed by atoms with Crippen molar-refractivity contribution in [1.82, 2.24) is 9.47 Å². The van der Waals surface area contributed by atoms with E-state index in [1.54, 1.807) is 24.3 Å². The van der Waals surface area contributed by atoms with Gasteiger partial charge in [-0.05, 0) is 44.1 Å².